The van der Waals surface area contributed by atoms with Crippen LogP contribution >= 0.6 is 0 Å². The highest BCUT2D eigenvalue weighted by Gasteiger charge is 2.30. The van der Waals surface area contributed by atoms with E-state index in [-0.39, 0.29) is 34.7 Å². The predicted molar refractivity (Wildman–Crippen MR) is 110 cm³/mol. The van der Waals surface area contributed by atoms with Crippen LogP contribution in [0.15, 0.2) is 17.1 Å². The minimum Gasteiger partial charge on any atom is -0.462 e. The van der Waals surface area contributed by atoms with Gasteiger partial charge in [-0.2, -0.15) is 0 Å². The van der Waals surface area contributed by atoms with Crippen molar-refractivity contribution in [2.75, 3.05) is 6.61 Å². The molecule has 0 aliphatic heterocycles. The fraction of sp³-hybridized carbons (Fsp3) is 0.500. The van der Waals surface area contributed by atoms with Gasteiger partial charge in [0.05, 0.1) is 23.1 Å². The monoisotopic (exact) mass is 413 g/mol. The fourth-order valence-corrected chi connectivity index (χ4v) is 4.37. The largest absolute Gasteiger partial charge is 0.462 e. The van der Waals surface area contributed by atoms with E-state index in [9.17, 15) is 18.4 Å². The molecule has 4 nitrogen and oxygen atoms in total. The Morgan fingerprint density at radius 1 is 1.27 bits per heavy atom. The summed E-state index contributed by atoms with van der Waals surface area (Å²) in [4.78, 5) is 25.2. The van der Waals surface area contributed by atoms with Crippen LogP contribution < -0.4 is 5.43 Å². The number of nitrogens with zero attached hydrogens (tertiary/aromatic N) is 1. The molecule has 1 aromatic carbocycles. The summed E-state index contributed by atoms with van der Waals surface area (Å²) in [5.74, 6) is 4.04. The highest BCUT2D eigenvalue weighted by molar-refractivity contribution is 5.95. The number of carbonyl (C=O) groups excluding carboxylic acids is 1. The zero-order chi connectivity index (χ0) is 21.4. The third-order valence-corrected chi connectivity index (χ3v) is 6.05. The molecule has 1 aromatic heterocycles. The van der Waals surface area contributed by atoms with Crippen molar-refractivity contribution >= 4 is 16.9 Å². The second-order valence-electron chi connectivity index (χ2n) is 8.46. The molecule has 0 unspecified atom stereocenters. The van der Waals surface area contributed by atoms with Crippen LogP contribution in [-0.4, -0.2) is 17.1 Å². The number of rotatable bonds is 4. The lowest BCUT2D eigenvalue weighted by Gasteiger charge is -2.15. The zero-order valence-corrected chi connectivity index (χ0v) is 17.3. The van der Waals surface area contributed by atoms with Crippen LogP contribution in [0.1, 0.15) is 74.3 Å². The average molecular weight is 413 g/mol. The molecule has 30 heavy (non-hydrogen) atoms. The Hall–Kier alpha value is -2.68. The van der Waals surface area contributed by atoms with E-state index in [0.717, 1.165) is 31.7 Å². The third-order valence-electron chi connectivity index (χ3n) is 6.05. The summed E-state index contributed by atoms with van der Waals surface area (Å²) in [6.07, 6.45) is 7.08. The van der Waals surface area contributed by atoms with E-state index in [1.807, 2.05) is 0 Å². The molecule has 6 heteroatoms. The number of benzene rings is 1. The van der Waals surface area contributed by atoms with Gasteiger partial charge >= 0.3 is 5.97 Å². The zero-order valence-electron chi connectivity index (χ0n) is 17.3. The molecule has 2 saturated carbocycles. The summed E-state index contributed by atoms with van der Waals surface area (Å²) < 4.78 is 35.9. The van der Waals surface area contributed by atoms with Crippen molar-refractivity contribution < 1.29 is 18.3 Å². The highest BCUT2D eigenvalue weighted by atomic mass is 19.2. The summed E-state index contributed by atoms with van der Waals surface area (Å²) in [5.41, 5.74) is -0.662. The van der Waals surface area contributed by atoms with Crippen LogP contribution in [-0.2, 0) is 4.74 Å². The highest BCUT2D eigenvalue weighted by Crippen LogP contribution is 2.38. The first-order valence-electron chi connectivity index (χ1n) is 10.6. The first-order chi connectivity index (χ1) is 14.4. The van der Waals surface area contributed by atoms with Gasteiger partial charge in [-0.3, -0.25) is 4.79 Å². The van der Waals surface area contributed by atoms with Gasteiger partial charge in [0, 0.05) is 18.7 Å². The number of fused-ring (bicyclic) bond motifs is 1. The van der Waals surface area contributed by atoms with Crippen LogP contribution in [0.25, 0.3) is 10.9 Å². The molecule has 2 aliphatic rings. The van der Waals surface area contributed by atoms with Gasteiger partial charge in [0.2, 0.25) is 5.43 Å². The lowest BCUT2D eigenvalue weighted by atomic mass is 10.0. The second-order valence-corrected chi connectivity index (χ2v) is 8.46. The van der Waals surface area contributed by atoms with Crippen molar-refractivity contribution in [1.82, 2.24) is 4.57 Å². The summed E-state index contributed by atoms with van der Waals surface area (Å²) in [5, 5.41) is -0.0369. The number of pyridine rings is 1. The molecule has 2 atom stereocenters. The maximum atomic E-state index is 14.8. The van der Waals surface area contributed by atoms with Gasteiger partial charge in [0.15, 0.2) is 11.6 Å². The maximum Gasteiger partial charge on any atom is 0.343 e. The Balaban J connectivity index is 1.86. The molecule has 0 saturated heterocycles. The lowest BCUT2D eigenvalue weighted by molar-refractivity contribution is 0.0524. The van der Waals surface area contributed by atoms with Crippen molar-refractivity contribution in [2.24, 2.45) is 11.8 Å². The van der Waals surface area contributed by atoms with E-state index >= 15 is 0 Å². The van der Waals surface area contributed by atoms with Crippen LogP contribution in [0, 0.1) is 35.3 Å². The SMILES string of the molecule is CCOC(=O)c1cn(C2CC2)c2c(C#CC[C@@H]3CC[C@H](C)C3)c(F)c(F)cc2c1=O. The van der Waals surface area contributed by atoms with Gasteiger partial charge in [-0.05, 0) is 50.5 Å². The Morgan fingerprint density at radius 2 is 2.03 bits per heavy atom. The molecule has 2 aliphatic carbocycles. The molecule has 0 N–H and O–H groups in total. The van der Waals surface area contributed by atoms with E-state index in [4.69, 9.17) is 4.74 Å². The van der Waals surface area contributed by atoms with Crippen molar-refractivity contribution in [3.05, 3.63) is 45.2 Å². The second kappa shape index (κ2) is 8.22. The molecule has 0 amide bonds. The summed E-state index contributed by atoms with van der Waals surface area (Å²) in [6.45, 7) is 3.98. The van der Waals surface area contributed by atoms with Crippen molar-refractivity contribution in [2.45, 2.75) is 58.4 Å². The molecule has 1 heterocycles. The summed E-state index contributed by atoms with van der Waals surface area (Å²) >= 11 is 0. The minimum atomic E-state index is -1.14. The predicted octanol–water partition coefficient (Wildman–Crippen LogP) is 4.97. The smallest absolute Gasteiger partial charge is 0.343 e. The van der Waals surface area contributed by atoms with Crippen LogP contribution in [0.2, 0.25) is 0 Å². The molecular weight excluding hydrogens is 388 g/mol. The van der Waals surface area contributed by atoms with E-state index in [2.05, 4.69) is 18.8 Å². The van der Waals surface area contributed by atoms with E-state index in [1.165, 1.54) is 12.6 Å². The first kappa shape index (κ1) is 20.6. The van der Waals surface area contributed by atoms with Crippen molar-refractivity contribution in [3.63, 3.8) is 0 Å². The topological polar surface area (TPSA) is 48.3 Å². The van der Waals surface area contributed by atoms with E-state index < -0.39 is 23.0 Å². The molecular formula is C24H25F2NO3. The minimum absolute atomic E-state index is 0.0300. The molecule has 0 spiro atoms. The van der Waals surface area contributed by atoms with Gasteiger partial charge in [-0.1, -0.05) is 25.2 Å². The summed E-state index contributed by atoms with van der Waals surface area (Å²) in [7, 11) is 0. The van der Waals surface area contributed by atoms with Gasteiger partial charge in [-0.15, -0.1) is 0 Å². The molecule has 0 radical (unpaired) electrons. The number of esters is 1. The molecule has 158 valence electrons. The normalized spacial score (nSPS) is 20.8. The van der Waals surface area contributed by atoms with E-state index in [1.54, 1.807) is 11.5 Å². The van der Waals surface area contributed by atoms with E-state index in [0.29, 0.717) is 18.3 Å². The Morgan fingerprint density at radius 3 is 2.67 bits per heavy atom. The molecule has 2 aromatic rings. The Labute approximate surface area is 174 Å². The van der Waals surface area contributed by atoms with Crippen LogP contribution in [0.3, 0.4) is 0 Å². The lowest BCUT2D eigenvalue weighted by Crippen LogP contribution is -2.22. The standard InChI is InChI=1S/C24H25F2NO3/c1-3-30-24(29)19-13-27(16-9-10-16)22-17(6-4-5-15-8-7-14(2)11-15)21(26)20(25)12-18(22)23(19)28/h12-16H,3,5,7-11H2,1-2H3/t14-,15+/m0/s1. The van der Waals surface area contributed by atoms with Gasteiger partial charge in [0.25, 0.3) is 0 Å². The number of ether oxygens (including phenoxy) is 1. The number of hydrogen-bond acceptors (Lipinski definition) is 3. The molecule has 0 bridgehead atoms. The van der Waals surface area contributed by atoms with Gasteiger partial charge < -0.3 is 9.30 Å². The molecule has 2 fully saturated rings. The first-order valence-corrected chi connectivity index (χ1v) is 10.6. The molecule has 4 rings (SSSR count). The quantitative estimate of drug-likeness (QED) is 0.525. The summed E-state index contributed by atoms with van der Waals surface area (Å²) in [6, 6.07) is 0.903. The van der Waals surface area contributed by atoms with Crippen LogP contribution in [0.4, 0.5) is 8.78 Å². The number of aromatic nitrogens is 1. The average Bonchev–Trinajstić information content (AvgIpc) is 3.47. The number of hydrogen-bond donors (Lipinski definition) is 0. The van der Waals surface area contributed by atoms with Crippen LogP contribution in [0.5, 0.6) is 0 Å². The number of halogens is 2. The maximum absolute atomic E-state index is 14.8. The van der Waals surface area contributed by atoms with Crippen molar-refractivity contribution in [3.8, 4) is 11.8 Å². The fourth-order valence-electron chi connectivity index (χ4n) is 4.37. The van der Waals surface area contributed by atoms with Crippen molar-refractivity contribution in [1.29, 1.82) is 0 Å². The van der Waals surface area contributed by atoms with Gasteiger partial charge in [-0.25, -0.2) is 13.6 Å². The third kappa shape index (κ3) is 3.86. The Bertz CT molecular complexity index is 1120. The van der Waals surface area contributed by atoms with Gasteiger partial charge in [0.1, 0.15) is 5.56 Å². The Kier molecular flexibility index (Phi) is 5.64. The number of carbonyl (C=O) groups is 1.